The van der Waals surface area contributed by atoms with E-state index in [0.717, 1.165) is 35.2 Å². The van der Waals surface area contributed by atoms with Crippen molar-refractivity contribution in [1.82, 2.24) is 10.2 Å². The Labute approximate surface area is 123 Å². The van der Waals surface area contributed by atoms with Crippen LogP contribution in [0, 0.1) is 12.8 Å². The molecule has 0 atom stereocenters. The van der Waals surface area contributed by atoms with E-state index in [1.165, 1.54) is 12.8 Å². The highest BCUT2D eigenvalue weighted by atomic mass is 79.9. The van der Waals surface area contributed by atoms with Crippen LogP contribution in [-0.2, 0) is 0 Å². The van der Waals surface area contributed by atoms with Crippen LogP contribution in [0.1, 0.15) is 28.8 Å². The van der Waals surface area contributed by atoms with E-state index in [4.69, 9.17) is 0 Å². The van der Waals surface area contributed by atoms with E-state index in [2.05, 4.69) is 33.2 Å². The minimum Gasteiger partial charge on any atom is -0.352 e. The number of amides is 1. The predicted molar refractivity (Wildman–Crippen MR) is 81.4 cm³/mol. The minimum absolute atomic E-state index is 0.0274. The number of halogens is 1. The molecule has 0 aromatic heterocycles. The average Bonchev–Trinajstić information content (AvgIpc) is 2.41. The largest absolute Gasteiger partial charge is 0.352 e. The Balaban J connectivity index is 1.85. The zero-order valence-corrected chi connectivity index (χ0v) is 13.2. The van der Waals surface area contributed by atoms with Crippen molar-refractivity contribution < 1.29 is 4.79 Å². The van der Waals surface area contributed by atoms with E-state index in [1.54, 1.807) is 0 Å². The number of carbonyl (C=O) groups is 1. The Hall–Kier alpha value is -0.870. The van der Waals surface area contributed by atoms with Crippen molar-refractivity contribution in [3.63, 3.8) is 0 Å². The standard InChI is InChI=1S/C15H21BrN2O/c1-11-3-4-13(9-14(11)16)15(19)17-10-12-5-7-18(2)8-6-12/h3-4,9,12H,5-8,10H2,1-2H3,(H,17,19). The van der Waals surface area contributed by atoms with Gasteiger partial charge in [-0.25, -0.2) is 0 Å². The number of hydrogen-bond donors (Lipinski definition) is 1. The normalized spacial score (nSPS) is 17.4. The van der Waals surface area contributed by atoms with E-state index in [1.807, 2.05) is 25.1 Å². The molecule has 1 saturated heterocycles. The predicted octanol–water partition coefficient (Wildman–Crippen LogP) is 2.83. The molecule has 1 aromatic carbocycles. The molecule has 0 bridgehead atoms. The molecular weight excluding hydrogens is 304 g/mol. The summed E-state index contributed by atoms with van der Waals surface area (Å²) in [5.41, 5.74) is 1.87. The lowest BCUT2D eigenvalue weighted by atomic mass is 9.97. The first-order valence-electron chi connectivity index (χ1n) is 6.79. The molecule has 0 spiro atoms. The summed E-state index contributed by atoms with van der Waals surface area (Å²) in [6.07, 6.45) is 2.35. The molecule has 0 aliphatic carbocycles. The molecule has 1 aliphatic rings. The van der Waals surface area contributed by atoms with E-state index >= 15 is 0 Å². The van der Waals surface area contributed by atoms with Crippen molar-refractivity contribution in [3.05, 3.63) is 33.8 Å². The third kappa shape index (κ3) is 4.05. The van der Waals surface area contributed by atoms with Crippen LogP contribution in [0.25, 0.3) is 0 Å². The summed E-state index contributed by atoms with van der Waals surface area (Å²) in [5.74, 6) is 0.647. The van der Waals surface area contributed by atoms with Gasteiger partial charge in [0.25, 0.3) is 5.91 Å². The molecule has 0 unspecified atom stereocenters. The topological polar surface area (TPSA) is 32.3 Å². The Morgan fingerprint density at radius 2 is 2.11 bits per heavy atom. The number of carbonyl (C=O) groups excluding carboxylic acids is 1. The van der Waals surface area contributed by atoms with Crippen LogP contribution >= 0.6 is 15.9 Å². The maximum absolute atomic E-state index is 12.1. The van der Waals surface area contributed by atoms with Gasteiger partial charge in [0.15, 0.2) is 0 Å². The average molecular weight is 325 g/mol. The maximum atomic E-state index is 12.1. The third-order valence-corrected chi connectivity index (χ3v) is 4.68. The molecule has 19 heavy (non-hydrogen) atoms. The van der Waals surface area contributed by atoms with E-state index < -0.39 is 0 Å². The number of hydrogen-bond acceptors (Lipinski definition) is 2. The second kappa shape index (κ2) is 6.53. The van der Waals surface area contributed by atoms with Crippen molar-refractivity contribution in [1.29, 1.82) is 0 Å². The summed E-state index contributed by atoms with van der Waals surface area (Å²) in [4.78, 5) is 14.4. The number of benzene rings is 1. The number of nitrogens with zero attached hydrogens (tertiary/aromatic N) is 1. The lowest BCUT2D eigenvalue weighted by molar-refractivity contribution is 0.0939. The molecule has 1 aromatic rings. The van der Waals surface area contributed by atoms with E-state index in [9.17, 15) is 4.79 Å². The highest BCUT2D eigenvalue weighted by Gasteiger charge is 2.17. The van der Waals surface area contributed by atoms with Gasteiger partial charge in [-0.3, -0.25) is 4.79 Å². The van der Waals surface area contributed by atoms with Crippen LogP contribution in [0.4, 0.5) is 0 Å². The van der Waals surface area contributed by atoms with Crippen LogP contribution in [0.3, 0.4) is 0 Å². The number of aryl methyl sites for hydroxylation is 1. The van der Waals surface area contributed by atoms with Crippen LogP contribution in [-0.4, -0.2) is 37.5 Å². The second-order valence-electron chi connectivity index (χ2n) is 5.42. The van der Waals surface area contributed by atoms with E-state index in [0.29, 0.717) is 5.92 Å². The summed E-state index contributed by atoms with van der Waals surface area (Å²) < 4.78 is 0.986. The van der Waals surface area contributed by atoms with Gasteiger partial charge in [0, 0.05) is 16.6 Å². The Morgan fingerprint density at radius 3 is 2.74 bits per heavy atom. The molecule has 1 N–H and O–H groups in total. The molecule has 4 heteroatoms. The molecular formula is C15H21BrN2O. The zero-order chi connectivity index (χ0) is 13.8. The molecule has 1 fully saturated rings. The summed E-state index contributed by atoms with van der Waals surface area (Å²) in [5, 5.41) is 3.05. The van der Waals surface area contributed by atoms with Gasteiger partial charge in [0.05, 0.1) is 0 Å². The van der Waals surface area contributed by atoms with Crippen molar-refractivity contribution in [2.75, 3.05) is 26.7 Å². The zero-order valence-electron chi connectivity index (χ0n) is 11.6. The van der Waals surface area contributed by atoms with Crippen LogP contribution in [0.15, 0.2) is 22.7 Å². The van der Waals surface area contributed by atoms with Gasteiger partial charge in [0.2, 0.25) is 0 Å². The SMILES string of the molecule is Cc1ccc(C(=O)NCC2CCN(C)CC2)cc1Br. The second-order valence-corrected chi connectivity index (χ2v) is 6.27. The Bertz CT molecular complexity index is 453. The number of nitrogens with one attached hydrogen (secondary N) is 1. The van der Waals surface area contributed by atoms with Gasteiger partial charge in [-0.1, -0.05) is 22.0 Å². The molecule has 1 heterocycles. The van der Waals surface area contributed by atoms with Crippen LogP contribution in [0.5, 0.6) is 0 Å². The Morgan fingerprint density at radius 1 is 1.42 bits per heavy atom. The van der Waals surface area contributed by atoms with Crippen molar-refractivity contribution in [2.24, 2.45) is 5.92 Å². The van der Waals surface area contributed by atoms with Gasteiger partial charge in [-0.2, -0.15) is 0 Å². The number of rotatable bonds is 3. The van der Waals surface area contributed by atoms with Gasteiger partial charge in [-0.15, -0.1) is 0 Å². The Kier molecular flexibility index (Phi) is 4.99. The lowest BCUT2D eigenvalue weighted by Gasteiger charge is -2.28. The lowest BCUT2D eigenvalue weighted by Crippen LogP contribution is -2.36. The quantitative estimate of drug-likeness (QED) is 0.927. The summed E-state index contributed by atoms with van der Waals surface area (Å²) in [6.45, 7) is 5.08. The third-order valence-electron chi connectivity index (χ3n) is 3.82. The highest BCUT2D eigenvalue weighted by molar-refractivity contribution is 9.10. The fraction of sp³-hybridized carbons (Fsp3) is 0.533. The molecule has 1 aliphatic heterocycles. The van der Waals surface area contributed by atoms with E-state index in [-0.39, 0.29) is 5.91 Å². The monoisotopic (exact) mass is 324 g/mol. The smallest absolute Gasteiger partial charge is 0.251 e. The molecule has 0 radical (unpaired) electrons. The maximum Gasteiger partial charge on any atom is 0.251 e. The fourth-order valence-corrected chi connectivity index (χ4v) is 2.72. The number of likely N-dealkylation sites (tertiary alicyclic amines) is 1. The summed E-state index contributed by atoms with van der Waals surface area (Å²) in [6, 6.07) is 5.73. The highest BCUT2D eigenvalue weighted by Crippen LogP contribution is 2.18. The number of piperidine rings is 1. The van der Waals surface area contributed by atoms with Gasteiger partial charge in [0.1, 0.15) is 0 Å². The van der Waals surface area contributed by atoms with Gasteiger partial charge < -0.3 is 10.2 Å². The first kappa shape index (κ1) is 14.5. The molecule has 104 valence electrons. The van der Waals surface area contributed by atoms with Crippen LogP contribution < -0.4 is 5.32 Å². The van der Waals surface area contributed by atoms with Crippen molar-refractivity contribution >= 4 is 21.8 Å². The van der Waals surface area contributed by atoms with Crippen molar-refractivity contribution in [2.45, 2.75) is 19.8 Å². The summed E-state index contributed by atoms with van der Waals surface area (Å²) in [7, 11) is 2.15. The van der Waals surface area contributed by atoms with Crippen LogP contribution in [0.2, 0.25) is 0 Å². The minimum atomic E-state index is 0.0274. The summed E-state index contributed by atoms with van der Waals surface area (Å²) >= 11 is 3.46. The molecule has 2 rings (SSSR count). The first-order valence-corrected chi connectivity index (χ1v) is 7.58. The molecule has 0 saturated carbocycles. The van der Waals surface area contributed by atoms with Crippen molar-refractivity contribution in [3.8, 4) is 0 Å². The first-order chi connectivity index (χ1) is 9.06. The molecule has 3 nitrogen and oxygen atoms in total. The molecule has 1 amide bonds. The van der Waals surface area contributed by atoms with Gasteiger partial charge >= 0.3 is 0 Å². The fourth-order valence-electron chi connectivity index (χ4n) is 2.34. The van der Waals surface area contributed by atoms with Gasteiger partial charge in [-0.05, 0) is 63.5 Å².